The molecule has 17 heavy (non-hydrogen) atoms. The number of fused-ring (bicyclic) bond motifs is 1. The zero-order chi connectivity index (χ0) is 11.8. The van der Waals surface area contributed by atoms with Gasteiger partial charge in [-0.15, -0.1) is 12.6 Å². The molecule has 0 radical (unpaired) electrons. The van der Waals surface area contributed by atoms with Crippen LogP contribution in [0.1, 0.15) is 5.56 Å². The molecule has 1 unspecified atom stereocenters. The summed E-state index contributed by atoms with van der Waals surface area (Å²) in [4.78, 5) is 18.7. The molecule has 6 heteroatoms. The third kappa shape index (κ3) is 1.87. The summed E-state index contributed by atoms with van der Waals surface area (Å²) in [5.41, 5.74) is 2.98. The van der Waals surface area contributed by atoms with Crippen LogP contribution in [-0.2, 0) is 4.79 Å². The number of carbonyl (C=O) groups is 1. The molecule has 1 aromatic carbocycles. The molecule has 1 aliphatic heterocycles. The normalized spacial score (nSPS) is 21.8. The van der Waals surface area contributed by atoms with Gasteiger partial charge < -0.3 is 15.6 Å². The zero-order valence-corrected chi connectivity index (χ0v) is 9.66. The minimum atomic E-state index is -0.315. The molecule has 1 atom stereocenters. The summed E-state index contributed by atoms with van der Waals surface area (Å²) in [5, 5.41) is 5.58. The lowest BCUT2D eigenvalue weighted by atomic mass is 10.1. The predicted octanol–water partition coefficient (Wildman–Crippen LogP) is 0.837. The first kappa shape index (κ1) is 10.2. The van der Waals surface area contributed by atoms with Crippen molar-refractivity contribution >= 4 is 35.6 Å². The lowest BCUT2D eigenvalue weighted by Gasteiger charge is -2.00. The summed E-state index contributed by atoms with van der Waals surface area (Å²) in [6.07, 6.45) is 3.43. The van der Waals surface area contributed by atoms with E-state index >= 15 is 0 Å². The van der Waals surface area contributed by atoms with Gasteiger partial charge in [0.1, 0.15) is 11.2 Å². The topological polar surface area (TPSA) is 69.8 Å². The van der Waals surface area contributed by atoms with E-state index in [2.05, 4.69) is 33.2 Å². The molecular formula is C11H10N4OS. The molecule has 1 amide bonds. The molecule has 0 bridgehead atoms. The number of amides is 1. The third-order valence-corrected chi connectivity index (χ3v) is 2.82. The maximum atomic E-state index is 11.5. The number of carbonyl (C=O) groups excluding carboxylic acids is 1. The van der Waals surface area contributed by atoms with Crippen molar-refractivity contribution in [1.29, 1.82) is 0 Å². The van der Waals surface area contributed by atoms with E-state index in [0.717, 1.165) is 16.6 Å². The number of imidazole rings is 1. The van der Waals surface area contributed by atoms with Gasteiger partial charge in [0.2, 0.25) is 0 Å². The first-order valence-electron chi connectivity index (χ1n) is 5.13. The Labute approximate surface area is 103 Å². The van der Waals surface area contributed by atoms with Gasteiger partial charge in [-0.2, -0.15) is 0 Å². The summed E-state index contributed by atoms with van der Waals surface area (Å²) < 4.78 is 0. The summed E-state index contributed by atoms with van der Waals surface area (Å²) in [6, 6.07) is 5.76. The Bertz CT molecular complexity index is 619. The molecule has 3 N–H and O–H groups in total. The molecule has 0 saturated carbocycles. The van der Waals surface area contributed by atoms with Gasteiger partial charge in [-0.05, 0) is 23.8 Å². The molecule has 1 fully saturated rings. The van der Waals surface area contributed by atoms with Gasteiger partial charge in [0, 0.05) is 0 Å². The van der Waals surface area contributed by atoms with Crippen molar-refractivity contribution in [3.8, 4) is 0 Å². The summed E-state index contributed by atoms with van der Waals surface area (Å²) in [7, 11) is 0. The number of H-pyrrole nitrogens is 1. The molecule has 2 heterocycles. The second-order valence-corrected chi connectivity index (χ2v) is 4.27. The Morgan fingerprint density at radius 2 is 2.24 bits per heavy atom. The summed E-state index contributed by atoms with van der Waals surface area (Å²) >= 11 is 4.13. The SMILES string of the molecule is O=C1NC(S)N/C1=C\c1ccc2nc[nH]c2c1. The van der Waals surface area contributed by atoms with Crippen LogP contribution >= 0.6 is 12.6 Å². The van der Waals surface area contributed by atoms with E-state index in [1.807, 2.05) is 18.2 Å². The molecule has 1 saturated heterocycles. The quantitative estimate of drug-likeness (QED) is 0.445. The highest BCUT2D eigenvalue weighted by Crippen LogP contribution is 2.15. The van der Waals surface area contributed by atoms with Crippen LogP contribution in [0, 0.1) is 0 Å². The smallest absolute Gasteiger partial charge is 0.269 e. The molecule has 5 nitrogen and oxygen atoms in total. The van der Waals surface area contributed by atoms with E-state index in [0.29, 0.717) is 5.70 Å². The number of benzene rings is 1. The fourth-order valence-electron chi connectivity index (χ4n) is 1.77. The maximum Gasteiger partial charge on any atom is 0.269 e. The van der Waals surface area contributed by atoms with Crippen molar-refractivity contribution in [2.75, 3.05) is 0 Å². The minimum absolute atomic E-state index is 0.144. The number of thiol groups is 1. The molecule has 0 spiro atoms. The van der Waals surface area contributed by atoms with Crippen LogP contribution in [-0.4, -0.2) is 21.4 Å². The Morgan fingerprint density at radius 1 is 1.35 bits per heavy atom. The van der Waals surface area contributed by atoms with Crippen molar-refractivity contribution in [2.45, 2.75) is 5.50 Å². The van der Waals surface area contributed by atoms with Crippen LogP contribution in [0.2, 0.25) is 0 Å². The molecule has 2 aromatic rings. The number of nitrogens with zero attached hydrogens (tertiary/aromatic N) is 1. The number of aromatic amines is 1. The molecular weight excluding hydrogens is 236 g/mol. The maximum absolute atomic E-state index is 11.5. The van der Waals surface area contributed by atoms with Crippen LogP contribution in [0.15, 0.2) is 30.2 Å². The molecule has 86 valence electrons. The fraction of sp³-hybridized carbons (Fsp3) is 0.0909. The van der Waals surface area contributed by atoms with E-state index < -0.39 is 0 Å². The minimum Gasteiger partial charge on any atom is -0.352 e. The number of hydrogen-bond acceptors (Lipinski definition) is 4. The van der Waals surface area contributed by atoms with Gasteiger partial charge >= 0.3 is 0 Å². The Balaban J connectivity index is 1.99. The highest BCUT2D eigenvalue weighted by molar-refractivity contribution is 7.80. The van der Waals surface area contributed by atoms with Crippen LogP contribution < -0.4 is 10.6 Å². The molecule has 1 aromatic heterocycles. The molecule has 3 rings (SSSR count). The average Bonchev–Trinajstić information content (AvgIpc) is 2.85. The van der Waals surface area contributed by atoms with Gasteiger partial charge in [-0.25, -0.2) is 4.98 Å². The van der Waals surface area contributed by atoms with Crippen LogP contribution in [0.3, 0.4) is 0 Å². The lowest BCUT2D eigenvalue weighted by Crippen LogP contribution is -2.25. The predicted molar refractivity (Wildman–Crippen MR) is 68.1 cm³/mol. The van der Waals surface area contributed by atoms with Gasteiger partial charge in [0.15, 0.2) is 0 Å². The Hall–Kier alpha value is -1.95. The molecule has 1 aliphatic rings. The summed E-state index contributed by atoms with van der Waals surface area (Å²) in [5.74, 6) is -0.144. The van der Waals surface area contributed by atoms with Gasteiger partial charge in [0.25, 0.3) is 5.91 Å². The van der Waals surface area contributed by atoms with Crippen LogP contribution in [0.4, 0.5) is 0 Å². The first-order valence-corrected chi connectivity index (χ1v) is 5.64. The fourth-order valence-corrected chi connectivity index (χ4v) is 2.02. The van der Waals surface area contributed by atoms with E-state index in [-0.39, 0.29) is 11.4 Å². The van der Waals surface area contributed by atoms with E-state index in [1.54, 1.807) is 12.4 Å². The van der Waals surface area contributed by atoms with Crippen LogP contribution in [0.5, 0.6) is 0 Å². The van der Waals surface area contributed by atoms with Gasteiger partial charge in [-0.1, -0.05) is 6.07 Å². The first-order chi connectivity index (χ1) is 8.22. The standard InChI is InChI=1S/C11H10N4OS/c16-10-9(14-11(17)15-10)4-6-1-2-7-8(3-6)13-5-12-7/h1-5,11,14,17H,(H,12,13)(H,15,16)/b9-4-. The van der Waals surface area contributed by atoms with E-state index in [9.17, 15) is 4.79 Å². The summed E-state index contributed by atoms with van der Waals surface area (Å²) in [6.45, 7) is 0. The monoisotopic (exact) mass is 246 g/mol. The largest absolute Gasteiger partial charge is 0.352 e. The highest BCUT2D eigenvalue weighted by Gasteiger charge is 2.21. The number of nitrogens with one attached hydrogen (secondary N) is 3. The average molecular weight is 246 g/mol. The second-order valence-electron chi connectivity index (χ2n) is 3.76. The van der Waals surface area contributed by atoms with Crippen molar-refractivity contribution in [1.82, 2.24) is 20.6 Å². The van der Waals surface area contributed by atoms with E-state index in [1.165, 1.54) is 0 Å². The Kier molecular flexibility index (Phi) is 2.29. The van der Waals surface area contributed by atoms with Crippen molar-refractivity contribution < 1.29 is 4.79 Å². The van der Waals surface area contributed by atoms with E-state index in [4.69, 9.17) is 0 Å². The van der Waals surface area contributed by atoms with Crippen molar-refractivity contribution in [3.63, 3.8) is 0 Å². The third-order valence-electron chi connectivity index (χ3n) is 2.56. The molecule has 0 aliphatic carbocycles. The van der Waals surface area contributed by atoms with Crippen molar-refractivity contribution in [3.05, 3.63) is 35.8 Å². The number of rotatable bonds is 1. The zero-order valence-electron chi connectivity index (χ0n) is 8.77. The second kappa shape index (κ2) is 3.81. The number of hydrogen-bond donors (Lipinski definition) is 4. The Morgan fingerprint density at radius 3 is 3.00 bits per heavy atom. The lowest BCUT2D eigenvalue weighted by molar-refractivity contribution is -0.116. The van der Waals surface area contributed by atoms with Crippen LogP contribution in [0.25, 0.3) is 17.1 Å². The van der Waals surface area contributed by atoms with Gasteiger partial charge in [-0.3, -0.25) is 4.79 Å². The van der Waals surface area contributed by atoms with Gasteiger partial charge in [0.05, 0.1) is 17.4 Å². The van der Waals surface area contributed by atoms with Crippen molar-refractivity contribution in [2.24, 2.45) is 0 Å². The highest BCUT2D eigenvalue weighted by atomic mass is 32.1. The number of aromatic nitrogens is 2.